The first-order chi connectivity index (χ1) is 12.2. The summed E-state index contributed by atoms with van der Waals surface area (Å²) in [5, 5.41) is 3.69. The van der Waals surface area contributed by atoms with Crippen molar-refractivity contribution in [2.45, 2.75) is 31.6 Å². The predicted octanol–water partition coefficient (Wildman–Crippen LogP) is 1.79. The van der Waals surface area contributed by atoms with Crippen LogP contribution in [-0.4, -0.2) is 16.6 Å². The van der Waals surface area contributed by atoms with E-state index in [1.807, 2.05) is 30.3 Å². The maximum Gasteiger partial charge on any atom is 0.243 e. The van der Waals surface area contributed by atoms with E-state index in [4.69, 9.17) is 27.0 Å². The lowest BCUT2D eigenvalue weighted by Crippen LogP contribution is -2.11. The highest BCUT2D eigenvalue weighted by molar-refractivity contribution is 5.18. The molecule has 0 fully saturated rings. The molecule has 19 heavy (non-hydrogen) atoms. The first-order valence-electron chi connectivity index (χ1n) is 9.62. The van der Waals surface area contributed by atoms with Gasteiger partial charge in [-0.05, 0) is 24.8 Å². The Morgan fingerprint density at radius 3 is 2.79 bits per heavy atom. The zero-order valence-corrected chi connectivity index (χ0v) is 10.1. The van der Waals surface area contributed by atoms with Crippen molar-refractivity contribution in [3.05, 3.63) is 47.6 Å². The molecule has 0 amide bonds. The molecule has 0 saturated carbocycles. The summed E-state index contributed by atoms with van der Waals surface area (Å²) in [6, 6.07) is 7.28. The normalized spacial score (nSPS) is 21.8. The molecule has 0 radical (unpaired) electrons. The van der Waals surface area contributed by atoms with Gasteiger partial charge in [-0.15, -0.1) is 0 Å². The average Bonchev–Trinajstić information content (AvgIpc) is 3.02. The van der Waals surface area contributed by atoms with Crippen LogP contribution in [0.5, 0.6) is 0 Å². The van der Waals surface area contributed by atoms with Gasteiger partial charge in [-0.25, -0.2) is 0 Å². The van der Waals surface area contributed by atoms with Crippen LogP contribution in [-0.2, 0) is 6.42 Å². The Labute approximate surface area is 124 Å². The molecule has 2 rings (SSSR count). The van der Waals surface area contributed by atoms with Gasteiger partial charge >= 0.3 is 0 Å². The van der Waals surface area contributed by atoms with E-state index in [1.54, 1.807) is 0 Å². The van der Waals surface area contributed by atoms with E-state index in [1.165, 1.54) is 0 Å². The van der Waals surface area contributed by atoms with Crippen LogP contribution in [0.4, 0.5) is 0 Å². The van der Waals surface area contributed by atoms with Gasteiger partial charge in [-0.1, -0.05) is 41.9 Å². The molecule has 1 aromatic heterocycles. The maximum atomic E-state index is 8.02. The molecule has 0 saturated heterocycles. The van der Waals surface area contributed by atoms with Crippen LogP contribution < -0.4 is 11.5 Å². The first kappa shape index (κ1) is 6.63. The van der Waals surface area contributed by atoms with Crippen molar-refractivity contribution in [1.82, 2.24) is 10.1 Å². The Bertz CT molecular complexity index is 775. The molecule has 1 aromatic carbocycles. The second kappa shape index (κ2) is 7.01. The highest BCUT2D eigenvalue weighted by atomic mass is 16.5. The van der Waals surface area contributed by atoms with Crippen LogP contribution in [0.2, 0.25) is 0 Å². The minimum atomic E-state index is -3.41. The fourth-order valence-corrected chi connectivity index (χ4v) is 1.46. The van der Waals surface area contributed by atoms with E-state index in [2.05, 4.69) is 10.1 Å². The molecule has 5 heteroatoms. The average molecular weight is 268 g/mol. The summed E-state index contributed by atoms with van der Waals surface area (Å²) in [5.41, 5.74) is 11.7. The molecule has 0 aliphatic rings. The summed E-state index contributed by atoms with van der Waals surface area (Å²) in [4.78, 5) is 3.97. The Morgan fingerprint density at radius 2 is 2.05 bits per heavy atom. The molecule has 0 unspecified atom stereocenters. The molecule has 1 atom stereocenters. The van der Waals surface area contributed by atoms with Crippen molar-refractivity contribution in [3.8, 4) is 0 Å². The van der Waals surface area contributed by atoms with Crippen LogP contribution in [0.3, 0.4) is 0 Å². The monoisotopic (exact) mass is 268 g/mol. The quantitative estimate of drug-likeness (QED) is 0.799. The number of hydrogen-bond donors (Lipinski definition) is 2. The molecular formula is C14H20N4O. The molecule has 0 aliphatic heterocycles. The number of rotatable bonds is 7. The molecular weight excluding hydrogens is 240 g/mol. The standard InChI is InChI=1S/C14H20N4O/c15-9-5-4-8-12(16)14-17-13(18-19-14)10-11-6-2-1-3-7-11/h1-3,6-7,12H,4-5,8-10,15-16H2/t12-/m0/s1/i4D2,5D2,8D2,9D2. The Hall–Kier alpha value is -1.72. The van der Waals surface area contributed by atoms with Crippen LogP contribution >= 0.6 is 0 Å². The minimum absolute atomic E-state index is 0.195. The van der Waals surface area contributed by atoms with Crippen LogP contribution in [0.15, 0.2) is 34.9 Å². The fraction of sp³-hybridized carbons (Fsp3) is 0.429. The maximum absolute atomic E-state index is 8.02. The summed E-state index contributed by atoms with van der Waals surface area (Å²) in [7, 11) is 0. The van der Waals surface area contributed by atoms with Crippen molar-refractivity contribution in [2.24, 2.45) is 11.5 Å². The van der Waals surface area contributed by atoms with E-state index in [0.717, 1.165) is 5.56 Å². The van der Waals surface area contributed by atoms with Crippen molar-refractivity contribution in [2.75, 3.05) is 6.50 Å². The van der Waals surface area contributed by atoms with Crippen molar-refractivity contribution in [1.29, 1.82) is 0 Å². The van der Waals surface area contributed by atoms with Gasteiger partial charge in [-0.2, -0.15) is 4.98 Å². The van der Waals surface area contributed by atoms with Crippen LogP contribution in [0.25, 0.3) is 0 Å². The van der Waals surface area contributed by atoms with Gasteiger partial charge in [0.2, 0.25) is 5.89 Å². The summed E-state index contributed by atoms with van der Waals surface area (Å²) >= 11 is 0. The smallest absolute Gasteiger partial charge is 0.243 e. The Morgan fingerprint density at radius 1 is 1.26 bits per heavy atom. The lowest BCUT2D eigenvalue weighted by Gasteiger charge is -2.04. The van der Waals surface area contributed by atoms with Crippen molar-refractivity contribution >= 4 is 0 Å². The van der Waals surface area contributed by atoms with Gasteiger partial charge in [0, 0.05) is 17.4 Å². The van der Waals surface area contributed by atoms with Gasteiger partial charge in [0.1, 0.15) is 0 Å². The van der Waals surface area contributed by atoms with Crippen molar-refractivity contribution in [3.63, 3.8) is 0 Å². The van der Waals surface area contributed by atoms with E-state index < -0.39 is 37.5 Å². The summed E-state index contributed by atoms with van der Waals surface area (Å²) in [6.45, 7) is -3.16. The van der Waals surface area contributed by atoms with Crippen molar-refractivity contribution < 1.29 is 15.5 Å². The molecule has 1 heterocycles. The van der Waals surface area contributed by atoms with E-state index in [-0.39, 0.29) is 12.2 Å². The highest BCUT2D eigenvalue weighted by Crippen LogP contribution is 2.15. The minimum Gasteiger partial charge on any atom is -0.338 e. The molecule has 0 bridgehead atoms. The zero-order chi connectivity index (χ0) is 20.7. The van der Waals surface area contributed by atoms with E-state index >= 15 is 0 Å². The van der Waals surface area contributed by atoms with Gasteiger partial charge in [-0.3, -0.25) is 0 Å². The zero-order valence-electron chi connectivity index (χ0n) is 18.1. The van der Waals surface area contributed by atoms with Gasteiger partial charge in [0.25, 0.3) is 0 Å². The van der Waals surface area contributed by atoms with E-state index in [0.29, 0.717) is 0 Å². The third-order valence-corrected chi connectivity index (χ3v) is 2.32. The third kappa shape index (κ3) is 4.15. The molecule has 4 N–H and O–H groups in total. The lowest BCUT2D eigenvalue weighted by atomic mass is 10.1. The highest BCUT2D eigenvalue weighted by Gasteiger charge is 2.14. The fourth-order valence-electron chi connectivity index (χ4n) is 1.46. The first-order valence-corrected chi connectivity index (χ1v) is 5.62. The van der Waals surface area contributed by atoms with E-state index in [9.17, 15) is 0 Å². The number of nitrogens with zero attached hydrogens (tertiary/aromatic N) is 2. The van der Waals surface area contributed by atoms with Crippen LogP contribution in [0, 0.1) is 0 Å². The number of nitrogens with two attached hydrogens (primary N) is 2. The number of benzene rings is 1. The molecule has 102 valence electrons. The van der Waals surface area contributed by atoms with Gasteiger partial charge in [0.15, 0.2) is 5.82 Å². The lowest BCUT2D eigenvalue weighted by molar-refractivity contribution is 0.342. The number of hydrogen-bond acceptors (Lipinski definition) is 5. The summed E-state index contributed by atoms with van der Waals surface area (Å²) < 4.78 is 66.7. The largest absolute Gasteiger partial charge is 0.338 e. The predicted molar refractivity (Wildman–Crippen MR) is 73.4 cm³/mol. The van der Waals surface area contributed by atoms with Gasteiger partial charge < -0.3 is 16.0 Å². The second-order valence-corrected chi connectivity index (χ2v) is 3.73. The second-order valence-electron chi connectivity index (χ2n) is 3.73. The number of aromatic nitrogens is 2. The molecule has 5 nitrogen and oxygen atoms in total. The molecule has 0 aliphatic carbocycles. The summed E-state index contributed by atoms with van der Waals surface area (Å²) in [6.07, 6.45) is -9.64. The molecule has 0 spiro atoms. The Balaban J connectivity index is 2.29. The SMILES string of the molecule is [2H]C([2H])(N)C([2H])([2H])C([2H])([2H])C([2H])([2H])[C@H](N)c1nc(Cc2ccccc2)no1. The third-order valence-electron chi connectivity index (χ3n) is 2.32. The topological polar surface area (TPSA) is 91.0 Å². The van der Waals surface area contributed by atoms with Crippen LogP contribution in [0.1, 0.15) is 53.4 Å². The van der Waals surface area contributed by atoms with Gasteiger partial charge in [0.05, 0.1) is 6.04 Å². The molecule has 2 aromatic rings. The Kier molecular flexibility index (Phi) is 2.45. The summed E-state index contributed by atoms with van der Waals surface area (Å²) in [5.74, 6) is -0.233.